The molecule has 10 heteroatoms. The number of urea groups is 1. The number of benzene rings is 2. The van der Waals surface area contributed by atoms with Crippen molar-refractivity contribution in [2.75, 3.05) is 24.2 Å². The van der Waals surface area contributed by atoms with Crippen LogP contribution in [0.15, 0.2) is 54.6 Å². The van der Waals surface area contributed by atoms with Crippen LogP contribution < -0.4 is 21.3 Å². The number of hydrogen-bond acceptors (Lipinski definition) is 4. The molecule has 2 saturated heterocycles. The minimum absolute atomic E-state index is 0.0798. The van der Waals surface area contributed by atoms with E-state index in [9.17, 15) is 9.59 Å². The number of anilines is 2. The van der Waals surface area contributed by atoms with E-state index in [1.165, 1.54) is 5.56 Å². The van der Waals surface area contributed by atoms with Crippen molar-refractivity contribution in [3.8, 4) is 5.69 Å². The number of nitrogens with one attached hydrogen (secondary N) is 5. The Morgan fingerprint density at radius 1 is 0.977 bits per heavy atom. The molecule has 228 valence electrons. The van der Waals surface area contributed by atoms with Gasteiger partial charge < -0.3 is 20.9 Å². The van der Waals surface area contributed by atoms with E-state index in [0.29, 0.717) is 11.7 Å². The van der Waals surface area contributed by atoms with Gasteiger partial charge in [-0.3, -0.25) is 15.5 Å². The topological polar surface area (TPSA) is 127 Å². The number of rotatable bonds is 7. The van der Waals surface area contributed by atoms with Crippen LogP contribution in [0.5, 0.6) is 0 Å². The predicted molar refractivity (Wildman–Crippen MR) is 171 cm³/mol. The van der Waals surface area contributed by atoms with Gasteiger partial charge in [-0.05, 0) is 74.8 Å². The molecule has 2 bridgehead atoms. The largest absolute Gasteiger partial charge is 0.360 e. The van der Waals surface area contributed by atoms with E-state index in [1.54, 1.807) is 11.7 Å². The van der Waals surface area contributed by atoms with Crippen molar-refractivity contribution in [3.63, 3.8) is 0 Å². The number of amides is 3. The Balaban J connectivity index is 1.17. The second-order valence-electron chi connectivity index (χ2n) is 12.9. The molecular weight excluding hydrogens is 540 g/mol. The van der Waals surface area contributed by atoms with Gasteiger partial charge in [0.25, 0.3) is 0 Å². The molecule has 10 nitrogen and oxygen atoms in total. The average Bonchev–Trinajstić information content (AvgIpc) is 3.51. The molecule has 3 aromatic rings. The Hall–Kier alpha value is -4.34. The Bertz CT molecular complexity index is 1440. The monoisotopic (exact) mass is 584 g/mol. The van der Waals surface area contributed by atoms with Gasteiger partial charge in [-0.15, -0.1) is 0 Å². The van der Waals surface area contributed by atoms with Gasteiger partial charge in [-0.25, -0.2) is 9.48 Å². The van der Waals surface area contributed by atoms with Crippen LogP contribution in [-0.2, 0) is 16.6 Å². The first kappa shape index (κ1) is 30.1. The minimum Gasteiger partial charge on any atom is -0.360 e. The number of guanidine groups is 1. The molecule has 3 amide bonds. The number of piperidine rings is 1. The van der Waals surface area contributed by atoms with Crippen LogP contribution in [0.1, 0.15) is 63.3 Å². The summed E-state index contributed by atoms with van der Waals surface area (Å²) in [6, 6.07) is 18.3. The van der Waals surface area contributed by atoms with E-state index in [0.717, 1.165) is 54.7 Å². The summed E-state index contributed by atoms with van der Waals surface area (Å²) in [7, 11) is 1.67. The van der Waals surface area contributed by atoms with Crippen molar-refractivity contribution < 1.29 is 9.59 Å². The van der Waals surface area contributed by atoms with E-state index in [-0.39, 0.29) is 41.9 Å². The normalized spacial score (nSPS) is 19.6. The van der Waals surface area contributed by atoms with Crippen LogP contribution in [0.4, 0.5) is 16.3 Å². The summed E-state index contributed by atoms with van der Waals surface area (Å²) in [5.74, 6) is 1.37. The molecule has 0 spiro atoms. The number of carbonyl (C=O) groups is 2. The van der Waals surface area contributed by atoms with Crippen molar-refractivity contribution >= 4 is 29.4 Å². The summed E-state index contributed by atoms with van der Waals surface area (Å²) in [4.78, 5) is 27.9. The summed E-state index contributed by atoms with van der Waals surface area (Å²) >= 11 is 0. The van der Waals surface area contributed by atoms with Crippen LogP contribution in [0.25, 0.3) is 5.69 Å². The standard InChI is InChI=1S/C33H44N8O2/c1-21-6-12-25(13-7-21)41-29(19-28(39-41)33(2,3)4)38-32(43)37-24-10-8-22(9-11-24)16-23-17-26-14-15-27(18-23)40(26)30(42)20-36-31(34)35-5/h6-13,19,23,26-27H,14-18,20H2,1-5H3,(H3,34,35,36)(H2,37,38,43). The molecule has 2 fully saturated rings. The summed E-state index contributed by atoms with van der Waals surface area (Å²) < 4.78 is 1.78. The lowest BCUT2D eigenvalue weighted by molar-refractivity contribution is -0.135. The number of aryl methyl sites for hydroxylation is 1. The van der Waals surface area contributed by atoms with Crippen molar-refractivity contribution in [1.82, 2.24) is 25.3 Å². The van der Waals surface area contributed by atoms with Crippen LogP contribution >= 0.6 is 0 Å². The number of aromatic nitrogens is 2. The van der Waals surface area contributed by atoms with Gasteiger partial charge >= 0.3 is 6.03 Å². The van der Waals surface area contributed by atoms with Crippen molar-refractivity contribution in [3.05, 3.63) is 71.4 Å². The van der Waals surface area contributed by atoms with Gasteiger partial charge in [0.05, 0.1) is 17.9 Å². The highest BCUT2D eigenvalue weighted by Gasteiger charge is 2.42. The number of nitrogens with zero attached hydrogens (tertiary/aromatic N) is 3. The smallest absolute Gasteiger partial charge is 0.324 e. The van der Waals surface area contributed by atoms with Gasteiger partial charge in [0, 0.05) is 36.3 Å². The van der Waals surface area contributed by atoms with Gasteiger partial charge in [-0.2, -0.15) is 5.10 Å². The highest BCUT2D eigenvalue weighted by atomic mass is 16.2. The zero-order valence-corrected chi connectivity index (χ0v) is 25.8. The Labute approximate surface area is 254 Å². The lowest BCUT2D eigenvalue weighted by atomic mass is 9.85. The third-order valence-corrected chi connectivity index (χ3v) is 8.52. The third-order valence-electron chi connectivity index (χ3n) is 8.52. The molecule has 2 aliphatic rings. The lowest BCUT2D eigenvalue weighted by Gasteiger charge is -2.39. The SMILES string of the molecule is CNC(=N)NCC(=O)N1C2CCC1CC(Cc1ccc(NC(=O)Nc3cc(C(C)(C)C)nn3-c3ccc(C)cc3)cc1)C2. The first-order valence-electron chi connectivity index (χ1n) is 15.2. The van der Waals surface area contributed by atoms with E-state index in [1.807, 2.05) is 49.4 Å². The molecular formula is C33H44N8O2. The Kier molecular flexibility index (Phi) is 8.75. The van der Waals surface area contributed by atoms with Gasteiger partial charge in [0.15, 0.2) is 5.96 Å². The van der Waals surface area contributed by atoms with Gasteiger partial charge in [0.1, 0.15) is 5.82 Å². The predicted octanol–water partition coefficient (Wildman–Crippen LogP) is 5.18. The summed E-state index contributed by atoms with van der Waals surface area (Å²) in [6.07, 6.45) is 5.05. The summed E-state index contributed by atoms with van der Waals surface area (Å²) in [5.41, 5.74) is 4.72. The maximum atomic E-state index is 13.0. The van der Waals surface area contributed by atoms with E-state index in [2.05, 4.69) is 59.1 Å². The fraction of sp³-hybridized carbons (Fsp3) is 0.455. The molecule has 3 heterocycles. The van der Waals surface area contributed by atoms with Crippen molar-refractivity contribution in [2.24, 2.45) is 5.92 Å². The van der Waals surface area contributed by atoms with Crippen molar-refractivity contribution in [1.29, 1.82) is 5.41 Å². The molecule has 5 rings (SSSR count). The highest BCUT2D eigenvalue weighted by Crippen LogP contribution is 2.40. The van der Waals surface area contributed by atoms with E-state index < -0.39 is 0 Å². The summed E-state index contributed by atoms with van der Waals surface area (Å²) in [5, 5.41) is 24.0. The molecule has 2 atom stereocenters. The molecule has 0 aliphatic carbocycles. The number of fused-ring (bicyclic) bond motifs is 2. The fourth-order valence-corrected chi connectivity index (χ4v) is 6.26. The quantitative estimate of drug-likeness (QED) is 0.193. The second-order valence-corrected chi connectivity index (χ2v) is 12.9. The van der Waals surface area contributed by atoms with Crippen LogP contribution in [0.3, 0.4) is 0 Å². The van der Waals surface area contributed by atoms with Gasteiger partial charge in [-0.1, -0.05) is 50.6 Å². The fourth-order valence-electron chi connectivity index (χ4n) is 6.26. The maximum Gasteiger partial charge on any atom is 0.324 e. The Morgan fingerprint density at radius 2 is 1.63 bits per heavy atom. The zero-order valence-electron chi connectivity index (χ0n) is 25.8. The van der Waals surface area contributed by atoms with Gasteiger partial charge in [0.2, 0.25) is 5.91 Å². The number of hydrogen-bond donors (Lipinski definition) is 5. The lowest BCUT2D eigenvalue weighted by Crippen LogP contribution is -2.51. The van der Waals surface area contributed by atoms with Crippen LogP contribution in [0, 0.1) is 18.3 Å². The molecule has 0 radical (unpaired) electrons. The molecule has 2 aliphatic heterocycles. The Morgan fingerprint density at radius 3 is 2.23 bits per heavy atom. The maximum absolute atomic E-state index is 13.0. The molecule has 0 saturated carbocycles. The molecule has 1 aromatic heterocycles. The first-order valence-corrected chi connectivity index (χ1v) is 15.2. The zero-order chi connectivity index (χ0) is 30.7. The van der Waals surface area contributed by atoms with E-state index in [4.69, 9.17) is 10.5 Å². The minimum atomic E-state index is -0.325. The molecule has 5 N–H and O–H groups in total. The van der Waals surface area contributed by atoms with Crippen LogP contribution in [0.2, 0.25) is 0 Å². The van der Waals surface area contributed by atoms with Crippen LogP contribution in [-0.4, -0.2) is 58.3 Å². The highest BCUT2D eigenvalue weighted by molar-refractivity contribution is 5.99. The third kappa shape index (κ3) is 7.18. The molecule has 2 unspecified atom stereocenters. The first-order chi connectivity index (χ1) is 20.5. The van der Waals surface area contributed by atoms with E-state index >= 15 is 0 Å². The molecule has 2 aromatic carbocycles. The second kappa shape index (κ2) is 12.5. The molecule has 43 heavy (non-hydrogen) atoms. The summed E-state index contributed by atoms with van der Waals surface area (Å²) in [6.45, 7) is 8.51. The average molecular weight is 585 g/mol. The number of carbonyl (C=O) groups excluding carboxylic acids is 2. The van der Waals surface area contributed by atoms with Crippen molar-refractivity contribution in [2.45, 2.75) is 77.3 Å².